The summed E-state index contributed by atoms with van der Waals surface area (Å²) in [4.78, 5) is 11.7. The minimum absolute atomic E-state index is 0.109. The zero-order valence-corrected chi connectivity index (χ0v) is 10.8. The second-order valence-electron chi connectivity index (χ2n) is 3.99. The molecular weight excluding hydrogens is 250 g/mol. The number of hydrogen-bond donors (Lipinski definition) is 0. The zero-order valence-electron chi connectivity index (χ0n) is 10.00. The van der Waals surface area contributed by atoms with Crippen LogP contribution in [-0.2, 0) is 16.0 Å². The lowest BCUT2D eigenvalue weighted by Gasteiger charge is -2.05. The Labute approximate surface area is 111 Å². The van der Waals surface area contributed by atoms with Gasteiger partial charge in [-0.1, -0.05) is 17.7 Å². The molecule has 0 atom stereocenters. The molecule has 0 heterocycles. The van der Waals surface area contributed by atoms with E-state index >= 15 is 0 Å². The van der Waals surface area contributed by atoms with Crippen LogP contribution in [0, 0.1) is 11.3 Å². The van der Waals surface area contributed by atoms with Crippen LogP contribution in [-0.4, -0.2) is 12.6 Å². The first kappa shape index (κ1) is 12.7. The molecule has 0 bridgehead atoms. The van der Waals surface area contributed by atoms with E-state index < -0.39 is 5.97 Å². The van der Waals surface area contributed by atoms with E-state index in [1.165, 1.54) is 0 Å². The molecule has 1 aliphatic rings. The summed E-state index contributed by atoms with van der Waals surface area (Å²) in [5.41, 5.74) is 2.89. The van der Waals surface area contributed by atoms with E-state index in [2.05, 4.69) is 0 Å². The minimum atomic E-state index is -0.544. The molecule has 3 nitrogen and oxygen atoms in total. The summed E-state index contributed by atoms with van der Waals surface area (Å²) >= 11 is 5.92. The summed E-state index contributed by atoms with van der Waals surface area (Å²) in [6.07, 6.45) is 1.48. The number of rotatable bonds is 2. The van der Waals surface area contributed by atoms with Gasteiger partial charge in [-0.2, -0.15) is 5.26 Å². The maximum atomic E-state index is 11.7. The van der Waals surface area contributed by atoms with Crippen LogP contribution in [0.25, 0.3) is 5.57 Å². The molecule has 1 aromatic carbocycles. The quantitative estimate of drug-likeness (QED) is 0.467. The van der Waals surface area contributed by atoms with Gasteiger partial charge in [0.1, 0.15) is 11.6 Å². The van der Waals surface area contributed by atoms with Crippen molar-refractivity contribution in [2.75, 3.05) is 6.61 Å². The number of benzene rings is 1. The third-order valence-electron chi connectivity index (χ3n) is 2.93. The van der Waals surface area contributed by atoms with Gasteiger partial charge in [-0.25, -0.2) is 4.79 Å². The fourth-order valence-electron chi connectivity index (χ4n) is 2.16. The van der Waals surface area contributed by atoms with Crippen molar-refractivity contribution < 1.29 is 9.53 Å². The Morgan fingerprint density at radius 3 is 2.94 bits per heavy atom. The first-order valence-electron chi connectivity index (χ1n) is 5.76. The van der Waals surface area contributed by atoms with Crippen molar-refractivity contribution in [2.45, 2.75) is 19.8 Å². The Bertz CT molecular complexity index is 570. The second-order valence-corrected chi connectivity index (χ2v) is 4.42. The van der Waals surface area contributed by atoms with Gasteiger partial charge in [-0.15, -0.1) is 0 Å². The van der Waals surface area contributed by atoms with Crippen LogP contribution >= 0.6 is 11.6 Å². The maximum Gasteiger partial charge on any atom is 0.349 e. The van der Waals surface area contributed by atoms with Crippen molar-refractivity contribution in [3.63, 3.8) is 0 Å². The third-order valence-corrected chi connectivity index (χ3v) is 3.16. The second kappa shape index (κ2) is 5.24. The van der Waals surface area contributed by atoms with Gasteiger partial charge in [-0.05, 0) is 48.6 Å². The standard InChI is InChI=1S/C14H12ClNO2/c1-2-18-14(17)13(8-16)12-5-3-9-7-10(15)4-6-11(9)12/h4,6-7H,2-3,5H2,1H3. The summed E-state index contributed by atoms with van der Waals surface area (Å²) < 4.78 is 4.90. The van der Waals surface area contributed by atoms with Crippen molar-refractivity contribution in [2.24, 2.45) is 0 Å². The van der Waals surface area contributed by atoms with Crippen molar-refractivity contribution in [1.82, 2.24) is 0 Å². The largest absolute Gasteiger partial charge is 0.462 e. The molecule has 0 saturated carbocycles. The molecule has 2 rings (SSSR count). The van der Waals surface area contributed by atoms with Crippen LogP contribution in [0.4, 0.5) is 0 Å². The topological polar surface area (TPSA) is 50.1 Å². The molecule has 0 spiro atoms. The number of aryl methyl sites for hydroxylation is 1. The van der Waals surface area contributed by atoms with E-state index in [4.69, 9.17) is 21.6 Å². The average molecular weight is 262 g/mol. The maximum absolute atomic E-state index is 11.7. The average Bonchev–Trinajstić information content (AvgIpc) is 2.73. The lowest BCUT2D eigenvalue weighted by molar-refractivity contribution is -0.137. The summed E-state index contributed by atoms with van der Waals surface area (Å²) in [5.74, 6) is -0.544. The molecule has 0 saturated heterocycles. The van der Waals surface area contributed by atoms with Gasteiger partial charge in [0.15, 0.2) is 0 Å². The first-order valence-corrected chi connectivity index (χ1v) is 6.14. The smallest absolute Gasteiger partial charge is 0.349 e. The molecular formula is C14H12ClNO2. The lowest BCUT2D eigenvalue weighted by Crippen LogP contribution is -2.08. The highest BCUT2D eigenvalue weighted by Crippen LogP contribution is 2.36. The fraction of sp³-hybridized carbons (Fsp3) is 0.286. The van der Waals surface area contributed by atoms with E-state index in [0.29, 0.717) is 11.4 Å². The van der Waals surface area contributed by atoms with Gasteiger partial charge in [-0.3, -0.25) is 0 Å². The van der Waals surface area contributed by atoms with Gasteiger partial charge in [0, 0.05) is 5.02 Å². The molecule has 1 aromatic rings. The normalized spacial score (nSPS) is 15.8. The Morgan fingerprint density at radius 2 is 2.28 bits per heavy atom. The SMILES string of the molecule is CCOC(=O)C(C#N)=C1CCc2cc(Cl)ccc21. The number of carbonyl (C=O) groups excluding carboxylic acids is 1. The predicted octanol–water partition coefficient (Wildman–Crippen LogP) is 3.13. The van der Waals surface area contributed by atoms with Crippen LogP contribution in [0.3, 0.4) is 0 Å². The highest BCUT2D eigenvalue weighted by Gasteiger charge is 2.24. The van der Waals surface area contributed by atoms with Crippen molar-refractivity contribution in [3.8, 4) is 6.07 Å². The van der Waals surface area contributed by atoms with Crippen LogP contribution in [0.15, 0.2) is 23.8 Å². The highest BCUT2D eigenvalue weighted by molar-refractivity contribution is 6.30. The molecule has 0 fully saturated rings. The van der Waals surface area contributed by atoms with Crippen molar-refractivity contribution >= 4 is 23.1 Å². The van der Waals surface area contributed by atoms with Crippen molar-refractivity contribution in [1.29, 1.82) is 5.26 Å². The Morgan fingerprint density at radius 1 is 1.50 bits per heavy atom. The summed E-state index contributed by atoms with van der Waals surface area (Å²) in [7, 11) is 0. The van der Waals surface area contributed by atoms with Crippen LogP contribution in [0.5, 0.6) is 0 Å². The lowest BCUT2D eigenvalue weighted by atomic mass is 10.0. The van der Waals surface area contributed by atoms with Crippen LogP contribution in [0.2, 0.25) is 5.02 Å². The summed E-state index contributed by atoms with van der Waals surface area (Å²) in [6, 6.07) is 7.46. The minimum Gasteiger partial charge on any atom is -0.462 e. The number of nitrogens with zero attached hydrogens (tertiary/aromatic N) is 1. The first-order chi connectivity index (χ1) is 8.67. The van der Waals surface area contributed by atoms with Gasteiger partial charge < -0.3 is 4.74 Å². The molecule has 4 heteroatoms. The molecule has 0 N–H and O–H groups in total. The fourth-order valence-corrected chi connectivity index (χ4v) is 2.35. The molecule has 0 radical (unpaired) electrons. The number of carbonyl (C=O) groups is 1. The third kappa shape index (κ3) is 2.25. The monoisotopic (exact) mass is 261 g/mol. The van der Waals surface area contributed by atoms with Gasteiger partial charge in [0.25, 0.3) is 0 Å². The molecule has 0 aliphatic heterocycles. The van der Waals surface area contributed by atoms with E-state index in [1.54, 1.807) is 13.0 Å². The number of hydrogen-bond acceptors (Lipinski definition) is 3. The van der Waals surface area contributed by atoms with Gasteiger partial charge >= 0.3 is 5.97 Å². The van der Waals surface area contributed by atoms with E-state index in [1.807, 2.05) is 18.2 Å². The van der Waals surface area contributed by atoms with Crippen molar-refractivity contribution in [3.05, 3.63) is 39.9 Å². The van der Waals surface area contributed by atoms with Gasteiger partial charge in [0.2, 0.25) is 0 Å². The molecule has 0 aromatic heterocycles. The number of fused-ring (bicyclic) bond motifs is 1. The summed E-state index contributed by atoms with van der Waals surface area (Å²) in [6.45, 7) is 1.99. The Kier molecular flexibility index (Phi) is 3.69. The molecule has 0 amide bonds. The van der Waals surface area contributed by atoms with Crippen LogP contribution in [0.1, 0.15) is 24.5 Å². The van der Waals surface area contributed by atoms with E-state index in [9.17, 15) is 4.79 Å². The number of allylic oxidation sites excluding steroid dienone is 1. The number of nitriles is 1. The number of ether oxygens (including phenoxy) is 1. The van der Waals surface area contributed by atoms with Crippen LogP contribution < -0.4 is 0 Å². The predicted molar refractivity (Wildman–Crippen MR) is 68.9 cm³/mol. The number of halogens is 1. The Balaban J connectivity index is 2.48. The number of esters is 1. The highest BCUT2D eigenvalue weighted by atomic mass is 35.5. The van der Waals surface area contributed by atoms with E-state index in [-0.39, 0.29) is 12.2 Å². The molecule has 18 heavy (non-hydrogen) atoms. The molecule has 0 unspecified atom stereocenters. The molecule has 92 valence electrons. The Hall–Kier alpha value is -1.79. The van der Waals surface area contributed by atoms with Gasteiger partial charge in [0.05, 0.1) is 6.61 Å². The van der Waals surface area contributed by atoms with E-state index in [0.717, 1.165) is 23.1 Å². The zero-order chi connectivity index (χ0) is 13.1. The summed E-state index contributed by atoms with van der Waals surface area (Å²) in [5, 5.41) is 9.80. The molecule has 1 aliphatic carbocycles.